The van der Waals surface area contributed by atoms with E-state index in [2.05, 4.69) is 0 Å². The molecule has 1 rings (SSSR count). The fourth-order valence-corrected chi connectivity index (χ4v) is 1.64. The summed E-state index contributed by atoms with van der Waals surface area (Å²) >= 11 is 0. The number of halogens is 3. The summed E-state index contributed by atoms with van der Waals surface area (Å²) in [5, 5.41) is 8.97. The van der Waals surface area contributed by atoms with Gasteiger partial charge in [0.1, 0.15) is 5.41 Å². The van der Waals surface area contributed by atoms with Gasteiger partial charge in [0.05, 0.1) is 6.10 Å². The van der Waals surface area contributed by atoms with Crippen molar-refractivity contribution in [3.05, 3.63) is 0 Å². The lowest BCUT2D eigenvalue weighted by atomic mass is 9.84. The van der Waals surface area contributed by atoms with Gasteiger partial charge in [0.25, 0.3) is 0 Å². The normalized spacial score (nSPS) is 34.9. The number of primary amides is 1. The molecule has 1 saturated carbocycles. The van der Waals surface area contributed by atoms with Gasteiger partial charge in [0.15, 0.2) is 0 Å². The van der Waals surface area contributed by atoms with Crippen molar-refractivity contribution in [2.45, 2.75) is 31.5 Å². The standard InChI is InChI=1S/C7H10F3NO2/c8-7(9,10)6(5(11)13)2-1-4(12)3-6/h4,12H,1-3H2,(H2,11,13)/t4-,6-/m1/s1. The summed E-state index contributed by atoms with van der Waals surface area (Å²) < 4.78 is 37.3. The van der Waals surface area contributed by atoms with Crippen LogP contribution in [0.4, 0.5) is 13.2 Å². The SMILES string of the molecule is NC(=O)[C@@]1(C(F)(F)F)CC[C@@H](O)C1. The van der Waals surface area contributed by atoms with Crippen LogP contribution < -0.4 is 5.73 Å². The molecule has 1 fully saturated rings. The van der Waals surface area contributed by atoms with E-state index in [-0.39, 0.29) is 6.42 Å². The summed E-state index contributed by atoms with van der Waals surface area (Å²) in [7, 11) is 0. The number of carbonyl (C=O) groups is 1. The molecule has 6 heteroatoms. The predicted octanol–water partition coefficient (Wildman–Crippen LogP) is 0.565. The van der Waals surface area contributed by atoms with Crippen molar-refractivity contribution >= 4 is 5.91 Å². The number of carbonyl (C=O) groups excluding carboxylic acids is 1. The molecule has 2 atom stereocenters. The van der Waals surface area contributed by atoms with E-state index in [4.69, 9.17) is 10.8 Å². The summed E-state index contributed by atoms with van der Waals surface area (Å²) in [5.41, 5.74) is 2.20. The predicted molar refractivity (Wildman–Crippen MR) is 37.5 cm³/mol. The molecule has 0 aromatic carbocycles. The first-order valence-electron chi connectivity index (χ1n) is 3.84. The molecule has 0 radical (unpaired) electrons. The van der Waals surface area contributed by atoms with Crippen LogP contribution in [0.1, 0.15) is 19.3 Å². The summed E-state index contributed by atoms with van der Waals surface area (Å²) in [4.78, 5) is 10.7. The molecule has 0 unspecified atom stereocenters. The van der Waals surface area contributed by atoms with Gasteiger partial charge in [0, 0.05) is 0 Å². The van der Waals surface area contributed by atoms with E-state index >= 15 is 0 Å². The molecule has 0 saturated heterocycles. The smallest absolute Gasteiger partial charge is 0.393 e. The van der Waals surface area contributed by atoms with E-state index in [1.807, 2.05) is 0 Å². The van der Waals surface area contributed by atoms with Crippen molar-refractivity contribution in [3.63, 3.8) is 0 Å². The van der Waals surface area contributed by atoms with Gasteiger partial charge in [-0.3, -0.25) is 4.79 Å². The van der Waals surface area contributed by atoms with Gasteiger partial charge < -0.3 is 10.8 Å². The van der Waals surface area contributed by atoms with Crippen LogP contribution in [0.15, 0.2) is 0 Å². The first-order valence-corrected chi connectivity index (χ1v) is 3.84. The van der Waals surface area contributed by atoms with Gasteiger partial charge in [0.2, 0.25) is 5.91 Å². The number of hydrogen-bond acceptors (Lipinski definition) is 2. The van der Waals surface area contributed by atoms with E-state index in [0.29, 0.717) is 0 Å². The maximum absolute atomic E-state index is 12.4. The summed E-state index contributed by atoms with van der Waals surface area (Å²) in [6, 6.07) is 0. The van der Waals surface area contributed by atoms with Crippen LogP contribution in [0, 0.1) is 5.41 Å². The summed E-state index contributed by atoms with van der Waals surface area (Å²) in [6.07, 6.45) is -6.77. The minimum Gasteiger partial charge on any atom is -0.393 e. The van der Waals surface area contributed by atoms with E-state index < -0.39 is 36.4 Å². The van der Waals surface area contributed by atoms with Crippen LogP contribution in [0.25, 0.3) is 0 Å². The maximum Gasteiger partial charge on any atom is 0.403 e. The van der Waals surface area contributed by atoms with E-state index in [1.54, 1.807) is 0 Å². The van der Waals surface area contributed by atoms with E-state index in [0.717, 1.165) is 0 Å². The third kappa shape index (κ3) is 1.50. The second-order valence-corrected chi connectivity index (χ2v) is 3.34. The number of alkyl halides is 3. The molecule has 0 aromatic rings. The molecule has 76 valence electrons. The second-order valence-electron chi connectivity index (χ2n) is 3.34. The van der Waals surface area contributed by atoms with Gasteiger partial charge in [-0.1, -0.05) is 0 Å². The molecule has 0 aliphatic heterocycles. The van der Waals surface area contributed by atoms with E-state index in [1.165, 1.54) is 0 Å². The number of aliphatic hydroxyl groups excluding tert-OH is 1. The van der Waals surface area contributed by atoms with Gasteiger partial charge in [-0.25, -0.2) is 0 Å². The van der Waals surface area contributed by atoms with Crippen molar-refractivity contribution < 1.29 is 23.1 Å². The van der Waals surface area contributed by atoms with Crippen LogP contribution in [0.5, 0.6) is 0 Å². The minimum atomic E-state index is -4.66. The van der Waals surface area contributed by atoms with Gasteiger partial charge in [-0.2, -0.15) is 13.2 Å². The van der Waals surface area contributed by atoms with Gasteiger partial charge >= 0.3 is 6.18 Å². The average Bonchev–Trinajstić information content (AvgIpc) is 2.30. The van der Waals surface area contributed by atoms with Gasteiger partial charge in [-0.15, -0.1) is 0 Å². The Bertz CT molecular complexity index is 228. The highest BCUT2D eigenvalue weighted by molar-refractivity contribution is 5.82. The quantitative estimate of drug-likeness (QED) is 0.645. The largest absolute Gasteiger partial charge is 0.403 e. The zero-order valence-electron chi connectivity index (χ0n) is 6.77. The van der Waals surface area contributed by atoms with Crippen LogP contribution in [-0.4, -0.2) is 23.3 Å². The second kappa shape index (κ2) is 2.87. The average molecular weight is 197 g/mol. The number of rotatable bonds is 1. The fourth-order valence-electron chi connectivity index (χ4n) is 1.64. The molecule has 0 aromatic heterocycles. The van der Waals surface area contributed by atoms with Crippen molar-refractivity contribution in [2.24, 2.45) is 11.1 Å². The molecule has 1 aliphatic rings. The molecule has 1 amide bonds. The molecule has 3 N–H and O–H groups in total. The Labute approximate surface area is 72.7 Å². The Hall–Kier alpha value is -0.780. The Kier molecular flexibility index (Phi) is 2.27. The molecule has 0 bridgehead atoms. The van der Waals surface area contributed by atoms with Crippen molar-refractivity contribution in [2.75, 3.05) is 0 Å². The first-order chi connectivity index (χ1) is 5.79. The fraction of sp³-hybridized carbons (Fsp3) is 0.857. The Morgan fingerprint density at radius 1 is 1.54 bits per heavy atom. The molecule has 13 heavy (non-hydrogen) atoms. The third-order valence-electron chi connectivity index (χ3n) is 2.50. The van der Waals surface area contributed by atoms with Crippen molar-refractivity contribution in [1.82, 2.24) is 0 Å². The Morgan fingerprint density at radius 3 is 2.23 bits per heavy atom. The zero-order valence-corrected chi connectivity index (χ0v) is 6.77. The number of aliphatic hydroxyl groups is 1. The molecule has 0 heterocycles. The number of nitrogens with two attached hydrogens (primary N) is 1. The Balaban J connectivity index is 2.97. The highest BCUT2D eigenvalue weighted by Crippen LogP contribution is 2.50. The number of hydrogen-bond donors (Lipinski definition) is 2. The third-order valence-corrected chi connectivity index (χ3v) is 2.50. The van der Waals surface area contributed by atoms with Crippen molar-refractivity contribution in [3.8, 4) is 0 Å². The van der Waals surface area contributed by atoms with Crippen LogP contribution >= 0.6 is 0 Å². The number of amides is 1. The zero-order chi connectivity index (χ0) is 10.3. The Morgan fingerprint density at radius 2 is 2.08 bits per heavy atom. The molecule has 3 nitrogen and oxygen atoms in total. The van der Waals surface area contributed by atoms with E-state index in [9.17, 15) is 18.0 Å². The first kappa shape index (κ1) is 10.3. The topological polar surface area (TPSA) is 63.3 Å². The highest BCUT2D eigenvalue weighted by atomic mass is 19.4. The molecular weight excluding hydrogens is 187 g/mol. The van der Waals surface area contributed by atoms with Gasteiger partial charge in [-0.05, 0) is 19.3 Å². The highest BCUT2D eigenvalue weighted by Gasteiger charge is 2.62. The lowest BCUT2D eigenvalue weighted by Crippen LogP contribution is -2.47. The monoisotopic (exact) mass is 197 g/mol. The summed E-state index contributed by atoms with van der Waals surface area (Å²) in [5.74, 6) is -1.39. The van der Waals surface area contributed by atoms with Crippen LogP contribution in [0.2, 0.25) is 0 Å². The maximum atomic E-state index is 12.4. The molecular formula is C7H10F3NO2. The van der Waals surface area contributed by atoms with Crippen molar-refractivity contribution in [1.29, 1.82) is 0 Å². The molecule has 0 spiro atoms. The lowest BCUT2D eigenvalue weighted by Gasteiger charge is -2.27. The summed E-state index contributed by atoms with van der Waals surface area (Å²) in [6.45, 7) is 0. The van der Waals surface area contributed by atoms with Crippen LogP contribution in [0.3, 0.4) is 0 Å². The molecule has 1 aliphatic carbocycles. The lowest BCUT2D eigenvalue weighted by molar-refractivity contribution is -0.220. The van der Waals surface area contributed by atoms with Crippen LogP contribution in [-0.2, 0) is 4.79 Å². The minimum absolute atomic E-state index is 0.0253.